The number of aromatic amines is 1. The molecule has 2 rings (SSSR count). The molecule has 1 unspecified atom stereocenters. The van der Waals surface area contributed by atoms with Crippen LogP contribution in [0.1, 0.15) is 24.6 Å². The van der Waals surface area contributed by atoms with Crippen LogP contribution >= 0.6 is 0 Å². The van der Waals surface area contributed by atoms with Crippen LogP contribution in [-0.4, -0.2) is 23.0 Å². The van der Waals surface area contributed by atoms with Gasteiger partial charge in [0.15, 0.2) is 0 Å². The lowest BCUT2D eigenvalue weighted by Gasteiger charge is -2.19. The minimum absolute atomic E-state index is 0.0718. The molecule has 13 heavy (non-hydrogen) atoms. The topological polar surface area (TPSA) is 42.8 Å². The van der Waals surface area contributed by atoms with Gasteiger partial charge < -0.3 is 4.98 Å². The van der Waals surface area contributed by atoms with Gasteiger partial charge in [0, 0.05) is 11.9 Å². The zero-order valence-corrected chi connectivity index (χ0v) is 7.53. The van der Waals surface area contributed by atoms with E-state index in [9.17, 15) is 0 Å². The molecule has 1 fully saturated rings. The molecule has 1 saturated heterocycles. The van der Waals surface area contributed by atoms with Crippen molar-refractivity contribution in [3.05, 3.63) is 24.0 Å². The molecule has 0 saturated carbocycles. The van der Waals surface area contributed by atoms with Crippen LogP contribution in [0.2, 0.25) is 0 Å². The van der Waals surface area contributed by atoms with Crippen LogP contribution in [0.4, 0.5) is 0 Å². The third-order valence-corrected chi connectivity index (χ3v) is 2.54. The van der Waals surface area contributed by atoms with E-state index in [2.05, 4.69) is 16.0 Å². The second-order valence-corrected chi connectivity index (χ2v) is 3.40. The Morgan fingerprint density at radius 2 is 2.23 bits per heavy atom. The number of nitriles is 1. The summed E-state index contributed by atoms with van der Waals surface area (Å²) in [6.07, 6.45) is 4.31. The quantitative estimate of drug-likeness (QED) is 0.743. The van der Waals surface area contributed by atoms with Crippen molar-refractivity contribution in [2.45, 2.75) is 18.9 Å². The molecule has 0 aliphatic carbocycles. The second-order valence-electron chi connectivity index (χ2n) is 3.40. The van der Waals surface area contributed by atoms with E-state index >= 15 is 0 Å². The molecule has 0 radical (unpaired) electrons. The van der Waals surface area contributed by atoms with Crippen LogP contribution in [-0.2, 0) is 0 Å². The Morgan fingerprint density at radius 3 is 2.77 bits per heavy atom. The Kier molecular flexibility index (Phi) is 2.33. The number of nitrogens with one attached hydrogen (secondary N) is 1. The summed E-state index contributed by atoms with van der Waals surface area (Å²) in [6, 6.07) is 6.19. The molecule has 2 heterocycles. The van der Waals surface area contributed by atoms with E-state index in [-0.39, 0.29) is 6.04 Å². The van der Waals surface area contributed by atoms with Gasteiger partial charge in [0.1, 0.15) is 6.04 Å². The van der Waals surface area contributed by atoms with E-state index in [1.807, 2.05) is 18.3 Å². The van der Waals surface area contributed by atoms with Gasteiger partial charge >= 0.3 is 0 Å². The number of hydrogen-bond donors (Lipinski definition) is 1. The Bertz CT molecular complexity index is 290. The highest BCUT2D eigenvalue weighted by molar-refractivity contribution is 5.16. The smallest absolute Gasteiger partial charge is 0.138 e. The van der Waals surface area contributed by atoms with Gasteiger partial charge in [-0.1, -0.05) is 0 Å². The van der Waals surface area contributed by atoms with Gasteiger partial charge in [-0.25, -0.2) is 0 Å². The average Bonchev–Trinajstić information content (AvgIpc) is 2.76. The summed E-state index contributed by atoms with van der Waals surface area (Å²) in [4.78, 5) is 5.33. The predicted octanol–water partition coefficient (Wildman–Crippen LogP) is 1.68. The molecule has 1 aromatic heterocycles. The van der Waals surface area contributed by atoms with E-state index < -0.39 is 0 Å². The van der Waals surface area contributed by atoms with Crippen molar-refractivity contribution in [2.24, 2.45) is 0 Å². The van der Waals surface area contributed by atoms with Gasteiger partial charge in [-0.05, 0) is 38.1 Å². The molecule has 1 aliphatic heterocycles. The lowest BCUT2D eigenvalue weighted by molar-refractivity contribution is 0.290. The van der Waals surface area contributed by atoms with Gasteiger partial charge in [0.25, 0.3) is 0 Å². The first kappa shape index (κ1) is 8.33. The fourth-order valence-electron chi connectivity index (χ4n) is 1.86. The summed E-state index contributed by atoms with van der Waals surface area (Å²) in [6.45, 7) is 2.11. The zero-order valence-electron chi connectivity index (χ0n) is 7.53. The predicted molar refractivity (Wildman–Crippen MR) is 50.0 cm³/mol. The van der Waals surface area contributed by atoms with Crippen molar-refractivity contribution in [1.82, 2.24) is 9.88 Å². The minimum Gasteiger partial charge on any atom is -0.363 e. The van der Waals surface area contributed by atoms with Crippen LogP contribution < -0.4 is 0 Å². The number of hydrogen-bond acceptors (Lipinski definition) is 2. The molecular weight excluding hydrogens is 162 g/mol. The number of nitrogens with zero attached hydrogens (tertiary/aromatic N) is 2. The Morgan fingerprint density at radius 1 is 1.46 bits per heavy atom. The SMILES string of the molecule is N#CC(c1ccc[nH]1)N1CCCC1. The van der Waals surface area contributed by atoms with Gasteiger partial charge in [-0.2, -0.15) is 5.26 Å². The van der Waals surface area contributed by atoms with Crippen LogP contribution in [0.15, 0.2) is 18.3 Å². The van der Waals surface area contributed by atoms with E-state index in [1.54, 1.807) is 0 Å². The maximum atomic E-state index is 9.05. The van der Waals surface area contributed by atoms with Crippen molar-refractivity contribution >= 4 is 0 Å². The molecular formula is C10H13N3. The molecule has 1 atom stereocenters. The molecule has 1 N–H and O–H groups in total. The van der Waals surface area contributed by atoms with E-state index in [0.29, 0.717) is 0 Å². The molecule has 68 valence electrons. The van der Waals surface area contributed by atoms with Crippen molar-refractivity contribution in [1.29, 1.82) is 5.26 Å². The van der Waals surface area contributed by atoms with Crippen molar-refractivity contribution in [3.8, 4) is 6.07 Å². The van der Waals surface area contributed by atoms with Crippen molar-refractivity contribution in [2.75, 3.05) is 13.1 Å². The summed E-state index contributed by atoms with van der Waals surface area (Å²) in [5.41, 5.74) is 1.02. The lowest BCUT2D eigenvalue weighted by atomic mass is 10.2. The third kappa shape index (κ3) is 1.58. The largest absolute Gasteiger partial charge is 0.363 e. The standard InChI is InChI=1S/C10H13N3/c11-8-10(9-4-3-5-12-9)13-6-1-2-7-13/h3-5,10,12H,1-2,6-7H2. The lowest BCUT2D eigenvalue weighted by Crippen LogP contribution is -2.24. The van der Waals surface area contributed by atoms with Crippen LogP contribution in [0.25, 0.3) is 0 Å². The first-order chi connectivity index (χ1) is 6.42. The summed E-state index contributed by atoms with van der Waals surface area (Å²) in [5.74, 6) is 0. The molecule has 0 amide bonds. The van der Waals surface area contributed by atoms with Crippen LogP contribution in [0, 0.1) is 11.3 Å². The summed E-state index contributed by atoms with van der Waals surface area (Å²) >= 11 is 0. The molecule has 0 spiro atoms. The summed E-state index contributed by atoms with van der Waals surface area (Å²) in [7, 11) is 0. The van der Waals surface area contributed by atoms with Crippen LogP contribution in [0.3, 0.4) is 0 Å². The normalized spacial score (nSPS) is 19.9. The highest BCUT2D eigenvalue weighted by Crippen LogP contribution is 2.22. The van der Waals surface area contributed by atoms with Crippen LogP contribution in [0.5, 0.6) is 0 Å². The average molecular weight is 175 g/mol. The Balaban J connectivity index is 2.14. The maximum Gasteiger partial charge on any atom is 0.138 e. The number of likely N-dealkylation sites (tertiary alicyclic amines) is 1. The zero-order chi connectivity index (χ0) is 9.10. The number of H-pyrrole nitrogens is 1. The monoisotopic (exact) mass is 175 g/mol. The van der Waals surface area contributed by atoms with Crippen molar-refractivity contribution in [3.63, 3.8) is 0 Å². The first-order valence-corrected chi connectivity index (χ1v) is 4.69. The minimum atomic E-state index is -0.0718. The van der Waals surface area contributed by atoms with Gasteiger partial charge in [0.2, 0.25) is 0 Å². The van der Waals surface area contributed by atoms with E-state index in [1.165, 1.54) is 12.8 Å². The Labute approximate surface area is 78.0 Å². The fourth-order valence-corrected chi connectivity index (χ4v) is 1.86. The number of rotatable bonds is 2. The first-order valence-electron chi connectivity index (χ1n) is 4.69. The van der Waals surface area contributed by atoms with Crippen molar-refractivity contribution < 1.29 is 0 Å². The molecule has 1 aromatic rings. The second kappa shape index (κ2) is 3.63. The van der Waals surface area contributed by atoms with Gasteiger partial charge in [-0.15, -0.1) is 0 Å². The highest BCUT2D eigenvalue weighted by Gasteiger charge is 2.23. The highest BCUT2D eigenvalue weighted by atomic mass is 15.2. The molecule has 1 aliphatic rings. The molecule has 3 heteroatoms. The van der Waals surface area contributed by atoms with E-state index in [4.69, 9.17) is 5.26 Å². The number of aromatic nitrogens is 1. The third-order valence-electron chi connectivity index (χ3n) is 2.54. The molecule has 0 bridgehead atoms. The molecule has 3 nitrogen and oxygen atoms in total. The summed E-state index contributed by atoms with van der Waals surface area (Å²) < 4.78 is 0. The van der Waals surface area contributed by atoms with E-state index in [0.717, 1.165) is 18.8 Å². The molecule has 0 aromatic carbocycles. The summed E-state index contributed by atoms with van der Waals surface area (Å²) in [5, 5.41) is 9.05. The maximum absolute atomic E-state index is 9.05. The van der Waals surface area contributed by atoms with Gasteiger partial charge in [-0.3, -0.25) is 4.90 Å². The Hall–Kier alpha value is -1.27. The fraction of sp³-hybridized carbons (Fsp3) is 0.500. The van der Waals surface area contributed by atoms with Gasteiger partial charge in [0.05, 0.1) is 6.07 Å².